The Balaban J connectivity index is 2.60. The van der Waals surface area contributed by atoms with Gasteiger partial charge in [-0.2, -0.15) is 12.6 Å². The molecule has 4 nitrogen and oxygen atoms in total. The number of hydrogen-bond acceptors (Lipinski definition) is 4. The molecular weight excluding hydrogens is 236 g/mol. The van der Waals surface area contributed by atoms with Crippen LogP contribution in [0.3, 0.4) is 0 Å². The molecule has 0 aromatic heterocycles. The van der Waals surface area contributed by atoms with Crippen molar-refractivity contribution in [1.82, 2.24) is 4.90 Å². The molecule has 1 rings (SSSR count). The molecule has 0 aliphatic heterocycles. The normalized spacial score (nSPS) is 10.1. The highest BCUT2D eigenvalue weighted by Gasteiger charge is 2.08. The zero-order valence-corrected chi connectivity index (χ0v) is 11.0. The Labute approximate surface area is 107 Å². The standard InChI is InChI=1S/C12H18N2O2S/c1-14(12(15)16-2)6-5-9-3-4-11(13)10(7-9)8-17/h3-4,7,17H,5-6,8,13H2,1-2H3. The smallest absolute Gasteiger partial charge is 0.409 e. The summed E-state index contributed by atoms with van der Waals surface area (Å²) in [6, 6.07) is 5.86. The van der Waals surface area contributed by atoms with Gasteiger partial charge in [0.05, 0.1) is 7.11 Å². The van der Waals surface area contributed by atoms with Gasteiger partial charge in [-0.1, -0.05) is 12.1 Å². The number of nitrogen functional groups attached to an aromatic ring is 1. The van der Waals surface area contributed by atoms with Crippen molar-refractivity contribution in [3.05, 3.63) is 29.3 Å². The molecular formula is C12H18N2O2S. The fourth-order valence-electron chi connectivity index (χ4n) is 1.50. The summed E-state index contributed by atoms with van der Waals surface area (Å²) in [5.41, 5.74) is 8.70. The largest absolute Gasteiger partial charge is 0.453 e. The third-order valence-corrected chi connectivity index (χ3v) is 2.94. The molecule has 0 heterocycles. The monoisotopic (exact) mass is 254 g/mol. The van der Waals surface area contributed by atoms with E-state index in [9.17, 15) is 4.79 Å². The van der Waals surface area contributed by atoms with Crippen LogP contribution in [0.5, 0.6) is 0 Å². The number of nitrogens with two attached hydrogens (primary N) is 1. The summed E-state index contributed by atoms with van der Waals surface area (Å²) in [6.45, 7) is 0.614. The lowest BCUT2D eigenvalue weighted by Gasteiger charge is -2.15. The van der Waals surface area contributed by atoms with E-state index in [2.05, 4.69) is 17.4 Å². The van der Waals surface area contributed by atoms with Crippen molar-refractivity contribution in [2.45, 2.75) is 12.2 Å². The van der Waals surface area contributed by atoms with E-state index >= 15 is 0 Å². The Bertz CT molecular complexity index is 396. The maximum absolute atomic E-state index is 11.2. The first-order valence-electron chi connectivity index (χ1n) is 5.35. The zero-order valence-electron chi connectivity index (χ0n) is 10.1. The lowest BCUT2D eigenvalue weighted by molar-refractivity contribution is 0.134. The highest BCUT2D eigenvalue weighted by atomic mass is 32.1. The van der Waals surface area contributed by atoms with Gasteiger partial charge in [-0.15, -0.1) is 0 Å². The number of nitrogens with zero attached hydrogens (tertiary/aromatic N) is 1. The topological polar surface area (TPSA) is 55.6 Å². The molecule has 0 unspecified atom stereocenters. The van der Waals surface area contributed by atoms with Gasteiger partial charge in [0.15, 0.2) is 0 Å². The molecule has 0 aliphatic rings. The number of anilines is 1. The number of rotatable bonds is 4. The lowest BCUT2D eigenvalue weighted by atomic mass is 10.1. The maximum atomic E-state index is 11.2. The molecule has 0 spiro atoms. The third-order valence-electron chi connectivity index (χ3n) is 2.60. The van der Waals surface area contributed by atoms with Crippen LogP contribution in [0.2, 0.25) is 0 Å². The molecule has 2 N–H and O–H groups in total. The Kier molecular flexibility index (Phi) is 5.15. The predicted octanol–water partition coefficient (Wildman–Crippen LogP) is 1.94. The molecule has 94 valence electrons. The van der Waals surface area contributed by atoms with E-state index in [0.717, 1.165) is 23.2 Å². The highest BCUT2D eigenvalue weighted by molar-refractivity contribution is 7.79. The number of hydrogen-bond donors (Lipinski definition) is 2. The fraction of sp³-hybridized carbons (Fsp3) is 0.417. The van der Waals surface area contributed by atoms with Crippen LogP contribution in [-0.4, -0.2) is 31.7 Å². The summed E-state index contributed by atoms with van der Waals surface area (Å²) in [4.78, 5) is 12.7. The van der Waals surface area contributed by atoms with Gasteiger partial charge in [0.2, 0.25) is 0 Å². The van der Waals surface area contributed by atoms with E-state index in [-0.39, 0.29) is 6.09 Å². The number of ether oxygens (including phenoxy) is 1. The molecule has 5 heteroatoms. The Morgan fingerprint density at radius 3 is 2.82 bits per heavy atom. The number of likely N-dealkylation sites (N-methyl/N-ethyl adjacent to an activating group) is 1. The molecule has 0 radical (unpaired) electrons. The van der Waals surface area contributed by atoms with Gasteiger partial charge in [-0.25, -0.2) is 4.79 Å². The van der Waals surface area contributed by atoms with Crippen LogP contribution in [0.15, 0.2) is 18.2 Å². The van der Waals surface area contributed by atoms with E-state index in [1.807, 2.05) is 18.2 Å². The minimum Gasteiger partial charge on any atom is -0.453 e. The van der Waals surface area contributed by atoms with Gasteiger partial charge in [-0.05, 0) is 23.6 Å². The van der Waals surface area contributed by atoms with Crippen molar-refractivity contribution in [2.75, 3.05) is 26.4 Å². The van der Waals surface area contributed by atoms with Crippen molar-refractivity contribution >= 4 is 24.4 Å². The summed E-state index contributed by atoms with van der Waals surface area (Å²) in [7, 11) is 3.09. The summed E-state index contributed by atoms with van der Waals surface area (Å²) in [5, 5.41) is 0. The summed E-state index contributed by atoms with van der Waals surface area (Å²) >= 11 is 4.22. The number of methoxy groups -OCH3 is 1. The third kappa shape index (κ3) is 3.85. The second kappa shape index (κ2) is 6.39. The van der Waals surface area contributed by atoms with E-state index in [0.29, 0.717) is 12.3 Å². The first-order valence-corrected chi connectivity index (χ1v) is 5.99. The molecule has 0 saturated heterocycles. The van der Waals surface area contributed by atoms with Crippen LogP contribution in [0.4, 0.5) is 10.5 Å². The molecule has 17 heavy (non-hydrogen) atoms. The first kappa shape index (κ1) is 13.7. The Morgan fingerprint density at radius 2 is 2.24 bits per heavy atom. The van der Waals surface area contributed by atoms with Gasteiger partial charge >= 0.3 is 6.09 Å². The van der Waals surface area contributed by atoms with Crippen LogP contribution in [-0.2, 0) is 16.9 Å². The van der Waals surface area contributed by atoms with Gasteiger partial charge in [0.25, 0.3) is 0 Å². The number of amides is 1. The van der Waals surface area contributed by atoms with Crippen LogP contribution >= 0.6 is 12.6 Å². The highest BCUT2D eigenvalue weighted by Crippen LogP contribution is 2.16. The predicted molar refractivity (Wildman–Crippen MR) is 72.3 cm³/mol. The Hall–Kier alpha value is -1.36. The van der Waals surface area contributed by atoms with Crippen molar-refractivity contribution in [3.63, 3.8) is 0 Å². The maximum Gasteiger partial charge on any atom is 0.409 e. The van der Waals surface area contributed by atoms with Gasteiger partial charge in [0, 0.05) is 25.0 Å². The molecule has 0 atom stereocenters. The molecule has 0 fully saturated rings. The van der Waals surface area contributed by atoms with Crippen molar-refractivity contribution in [3.8, 4) is 0 Å². The average Bonchev–Trinajstić information content (AvgIpc) is 2.36. The molecule has 0 aliphatic carbocycles. The zero-order chi connectivity index (χ0) is 12.8. The second-order valence-electron chi connectivity index (χ2n) is 3.83. The Morgan fingerprint density at radius 1 is 1.53 bits per heavy atom. The van der Waals surface area contributed by atoms with E-state index in [1.165, 1.54) is 12.0 Å². The molecule has 1 amide bonds. The SMILES string of the molecule is COC(=O)N(C)CCc1ccc(N)c(CS)c1. The van der Waals surface area contributed by atoms with Gasteiger partial charge in [-0.3, -0.25) is 0 Å². The molecule has 1 aromatic rings. The van der Waals surface area contributed by atoms with Gasteiger partial charge < -0.3 is 15.4 Å². The summed E-state index contributed by atoms with van der Waals surface area (Å²) in [6.07, 6.45) is 0.446. The average molecular weight is 254 g/mol. The number of thiol groups is 1. The van der Waals surface area contributed by atoms with Crippen molar-refractivity contribution < 1.29 is 9.53 Å². The minimum absolute atomic E-state index is 0.324. The molecule has 1 aromatic carbocycles. The van der Waals surface area contributed by atoms with Crippen LogP contribution < -0.4 is 5.73 Å². The van der Waals surface area contributed by atoms with Crippen LogP contribution in [0.1, 0.15) is 11.1 Å². The van der Waals surface area contributed by atoms with Crippen LogP contribution in [0.25, 0.3) is 0 Å². The van der Waals surface area contributed by atoms with Crippen molar-refractivity contribution in [1.29, 1.82) is 0 Å². The minimum atomic E-state index is -0.324. The number of carbonyl (C=O) groups is 1. The quantitative estimate of drug-likeness (QED) is 0.638. The first-order chi connectivity index (χ1) is 8.08. The lowest BCUT2D eigenvalue weighted by Crippen LogP contribution is -2.28. The number of benzene rings is 1. The van der Waals surface area contributed by atoms with Crippen LogP contribution in [0, 0.1) is 0 Å². The van der Waals surface area contributed by atoms with Gasteiger partial charge in [0.1, 0.15) is 0 Å². The summed E-state index contributed by atoms with van der Waals surface area (Å²) in [5.74, 6) is 0.618. The van der Waals surface area contributed by atoms with E-state index < -0.39 is 0 Å². The molecule has 0 bridgehead atoms. The fourth-order valence-corrected chi connectivity index (χ4v) is 1.77. The van der Waals surface area contributed by atoms with Crippen molar-refractivity contribution in [2.24, 2.45) is 0 Å². The molecule has 0 saturated carbocycles. The van der Waals surface area contributed by atoms with E-state index in [1.54, 1.807) is 7.05 Å². The second-order valence-corrected chi connectivity index (χ2v) is 4.15. The number of carbonyl (C=O) groups excluding carboxylic acids is 1. The van der Waals surface area contributed by atoms with E-state index in [4.69, 9.17) is 5.73 Å². The summed E-state index contributed by atoms with van der Waals surface area (Å²) < 4.78 is 4.62.